The maximum Gasteiger partial charge on any atom is 0.200 e. The van der Waals surface area contributed by atoms with Crippen LogP contribution in [-0.2, 0) is 7.05 Å². The van der Waals surface area contributed by atoms with Gasteiger partial charge in [-0.25, -0.2) is 0 Å². The quantitative estimate of drug-likeness (QED) is 0.713. The number of carbonyl (C=O) groups excluding carboxylic acids is 1. The molecule has 0 saturated carbocycles. The van der Waals surface area contributed by atoms with Crippen molar-refractivity contribution >= 4 is 5.78 Å². The van der Waals surface area contributed by atoms with Crippen molar-refractivity contribution in [1.29, 1.82) is 0 Å². The zero-order chi connectivity index (χ0) is 12.3. The Morgan fingerprint density at radius 1 is 1.44 bits per heavy atom. The molecule has 0 aromatic carbocycles. The molecule has 0 fully saturated rings. The van der Waals surface area contributed by atoms with Gasteiger partial charge in [-0.1, -0.05) is 13.8 Å². The molecule has 1 heterocycles. The van der Waals surface area contributed by atoms with Gasteiger partial charge in [0.05, 0.1) is 5.54 Å². The van der Waals surface area contributed by atoms with Crippen molar-refractivity contribution in [2.24, 2.45) is 7.05 Å². The smallest absolute Gasteiger partial charge is 0.200 e. The minimum absolute atomic E-state index is 0.121. The number of rotatable bonds is 5. The van der Waals surface area contributed by atoms with Gasteiger partial charge in [0.2, 0.25) is 0 Å². The highest BCUT2D eigenvalue weighted by Gasteiger charge is 2.34. The molecule has 0 N–H and O–H groups in total. The second-order valence-corrected chi connectivity index (χ2v) is 4.40. The highest BCUT2D eigenvalue weighted by Crippen LogP contribution is 2.19. The van der Waals surface area contributed by atoms with Gasteiger partial charge in [-0.2, -0.15) is 5.10 Å². The molecule has 0 bridgehead atoms. The zero-order valence-corrected chi connectivity index (χ0v) is 10.8. The Morgan fingerprint density at radius 2 is 2.00 bits per heavy atom. The molecule has 1 aromatic heterocycles. The van der Waals surface area contributed by atoms with Crippen molar-refractivity contribution in [3.63, 3.8) is 0 Å². The Kier molecular flexibility index (Phi) is 3.86. The molecular formula is C12H21N3O. The summed E-state index contributed by atoms with van der Waals surface area (Å²) in [7, 11) is 1.80. The van der Waals surface area contributed by atoms with E-state index in [1.54, 1.807) is 24.0 Å². The van der Waals surface area contributed by atoms with Gasteiger partial charge in [0, 0.05) is 13.2 Å². The minimum Gasteiger partial charge on any atom is -0.292 e. The fraction of sp³-hybridized carbons (Fsp3) is 0.667. The van der Waals surface area contributed by atoms with Crippen LogP contribution >= 0.6 is 0 Å². The van der Waals surface area contributed by atoms with E-state index in [4.69, 9.17) is 0 Å². The number of Topliss-reactive ketones (excluding diaryl/α,β-unsaturated/α-hetero) is 1. The van der Waals surface area contributed by atoms with E-state index in [0.29, 0.717) is 5.69 Å². The molecule has 0 amide bonds. The van der Waals surface area contributed by atoms with E-state index in [0.717, 1.165) is 13.1 Å². The zero-order valence-electron chi connectivity index (χ0n) is 10.8. The fourth-order valence-corrected chi connectivity index (χ4v) is 2.07. The van der Waals surface area contributed by atoms with Gasteiger partial charge in [-0.05, 0) is 33.0 Å². The van der Waals surface area contributed by atoms with Gasteiger partial charge in [0.15, 0.2) is 5.78 Å². The number of hydrogen-bond acceptors (Lipinski definition) is 3. The van der Waals surface area contributed by atoms with Crippen molar-refractivity contribution in [1.82, 2.24) is 14.7 Å². The molecule has 0 aliphatic carbocycles. The first-order valence-corrected chi connectivity index (χ1v) is 5.73. The Labute approximate surface area is 97.2 Å². The third-order valence-electron chi connectivity index (χ3n) is 3.16. The van der Waals surface area contributed by atoms with Crippen LogP contribution in [0, 0.1) is 0 Å². The van der Waals surface area contributed by atoms with Crippen LogP contribution in [0.25, 0.3) is 0 Å². The highest BCUT2D eigenvalue weighted by atomic mass is 16.1. The highest BCUT2D eigenvalue weighted by molar-refractivity contribution is 6.01. The van der Waals surface area contributed by atoms with Crippen LogP contribution in [0.1, 0.15) is 38.2 Å². The Hall–Kier alpha value is -1.16. The summed E-state index contributed by atoms with van der Waals surface area (Å²) in [5.41, 5.74) is 0.189. The van der Waals surface area contributed by atoms with E-state index in [1.807, 2.05) is 13.8 Å². The molecule has 0 aliphatic rings. The van der Waals surface area contributed by atoms with Gasteiger partial charge in [0.1, 0.15) is 5.69 Å². The first-order chi connectivity index (χ1) is 7.45. The van der Waals surface area contributed by atoms with E-state index in [-0.39, 0.29) is 5.78 Å². The Balaban J connectivity index is 3.00. The number of ketones is 1. The van der Waals surface area contributed by atoms with Crippen molar-refractivity contribution in [3.05, 3.63) is 18.0 Å². The monoisotopic (exact) mass is 223 g/mol. The minimum atomic E-state index is -0.475. The number of aryl methyl sites for hydroxylation is 1. The molecule has 0 radical (unpaired) electrons. The summed E-state index contributed by atoms with van der Waals surface area (Å²) in [5.74, 6) is 0.121. The molecule has 4 heteroatoms. The van der Waals surface area contributed by atoms with Crippen molar-refractivity contribution in [2.45, 2.75) is 33.2 Å². The Morgan fingerprint density at radius 3 is 2.38 bits per heavy atom. The molecule has 0 saturated heterocycles. The van der Waals surface area contributed by atoms with Crippen LogP contribution < -0.4 is 0 Å². The van der Waals surface area contributed by atoms with Crippen molar-refractivity contribution in [2.75, 3.05) is 13.1 Å². The predicted molar refractivity (Wildman–Crippen MR) is 64.5 cm³/mol. The maximum atomic E-state index is 12.4. The largest absolute Gasteiger partial charge is 0.292 e. The number of aromatic nitrogens is 2. The van der Waals surface area contributed by atoms with Crippen LogP contribution in [0.2, 0.25) is 0 Å². The molecule has 1 rings (SSSR count). The average molecular weight is 223 g/mol. The molecule has 0 spiro atoms. The summed E-state index contributed by atoms with van der Waals surface area (Å²) in [6.07, 6.45) is 1.66. The SMILES string of the molecule is CCN(CC)C(C)(C)C(=O)c1ccnn1C. The summed E-state index contributed by atoms with van der Waals surface area (Å²) in [6, 6.07) is 1.77. The molecular weight excluding hydrogens is 202 g/mol. The topological polar surface area (TPSA) is 38.1 Å². The van der Waals surface area contributed by atoms with Gasteiger partial charge in [-0.3, -0.25) is 14.4 Å². The molecule has 0 aliphatic heterocycles. The van der Waals surface area contributed by atoms with E-state index in [9.17, 15) is 4.79 Å². The van der Waals surface area contributed by atoms with Gasteiger partial charge < -0.3 is 0 Å². The lowest BCUT2D eigenvalue weighted by Gasteiger charge is -2.35. The number of hydrogen-bond donors (Lipinski definition) is 0. The normalized spacial score (nSPS) is 12.1. The fourth-order valence-electron chi connectivity index (χ4n) is 2.07. The standard InChI is InChI=1S/C12H21N3O/c1-6-15(7-2)12(3,4)11(16)10-8-9-13-14(10)5/h8-9H,6-7H2,1-5H3. The summed E-state index contributed by atoms with van der Waals surface area (Å²) in [4.78, 5) is 14.6. The van der Waals surface area contributed by atoms with Crippen LogP contribution in [0.4, 0.5) is 0 Å². The molecule has 4 nitrogen and oxygen atoms in total. The van der Waals surface area contributed by atoms with Crippen LogP contribution in [0.3, 0.4) is 0 Å². The summed E-state index contributed by atoms with van der Waals surface area (Å²) >= 11 is 0. The lowest BCUT2D eigenvalue weighted by molar-refractivity contribution is 0.0658. The van der Waals surface area contributed by atoms with E-state index < -0.39 is 5.54 Å². The number of nitrogens with zero attached hydrogens (tertiary/aromatic N) is 3. The van der Waals surface area contributed by atoms with Gasteiger partial charge >= 0.3 is 0 Å². The summed E-state index contributed by atoms with van der Waals surface area (Å²) in [5, 5.41) is 4.04. The first-order valence-electron chi connectivity index (χ1n) is 5.73. The third kappa shape index (κ3) is 2.16. The summed E-state index contributed by atoms with van der Waals surface area (Å²) in [6.45, 7) is 9.81. The molecule has 16 heavy (non-hydrogen) atoms. The van der Waals surface area contributed by atoms with E-state index >= 15 is 0 Å². The third-order valence-corrected chi connectivity index (χ3v) is 3.16. The average Bonchev–Trinajstić information content (AvgIpc) is 2.64. The lowest BCUT2D eigenvalue weighted by atomic mass is 9.94. The lowest BCUT2D eigenvalue weighted by Crippen LogP contribution is -2.50. The van der Waals surface area contributed by atoms with Gasteiger partial charge in [0.25, 0.3) is 0 Å². The van der Waals surface area contributed by atoms with Crippen LogP contribution in [-0.4, -0.2) is 39.1 Å². The number of likely N-dealkylation sites (N-methyl/N-ethyl adjacent to an activating group) is 1. The second-order valence-electron chi connectivity index (χ2n) is 4.40. The Bertz CT molecular complexity index is 364. The van der Waals surface area contributed by atoms with Crippen LogP contribution in [0.5, 0.6) is 0 Å². The van der Waals surface area contributed by atoms with E-state index in [1.165, 1.54) is 0 Å². The number of carbonyl (C=O) groups is 1. The predicted octanol–water partition coefficient (Wildman–Crippen LogP) is 1.72. The molecule has 0 unspecified atom stereocenters. The van der Waals surface area contributed by atoms with Crippen LogP contribution in [0.15, 0.2) is 12.3 Å². The van der Waals surface area contributed by atoms with Gasteiger partial charge in [-0.15, -0.1) is 0 Å². The van der Waals surface area contributed by atoms with Crippen molar-refractivity contribution in [3.8, 4) is 0 Å². The van der Waals surface area contributed by atoms with Crippen molar-refractivity contribution < 1.29 is 4.79 Å². The molecule has 0 atom stereocenters. The van der Waals surface area contributed by atoms with E-state index in [2.05, 4.69) is 23.8 Å². The first kappa shape index (κ1) is 12.9. The molecule has 90 valence electrons. The molecule has 1 aromatic rings. The summed E-state index contributed by atoms with van der Waals surface area (Å²) < 4.78 is 1.63. The maximum absolute atomic E-state index is 12.4. The second kappa shape index (κ2) is 4.78.